The Morgan fingerprint density at radius 1 is 1.38 bits per heavy atom. The van der Waals surface area contributed by atoms with Gasteiger partial charge in [-0.15, -0.1) is 11.8 Å². The van der Waals surface area contributed by atoms with Crippen molar-refractivity contribution in [3.8, 4) is 0 Å². The van der Waals surface area contributed by atoms with Gasteiger partial charge in [0, 0.05) is 24.5 Å². The second-order valence-corrected chi connectivity index (χ2v) is 7.76. The number of nitrogens with zero attached hydrogens (tertiary/aromatic N) is 2. The van der Waals surface area contributed by atoms with Crippen LogP contribution in [0.1, 0.15) is 37.6 Å². The van der Waals surface area contributed by atoms with Crippen LogP contribution in [0.4, 0.5) is 4.79 Å². The van der Waals surface area contributed by atoms with Crippen LogP contribution < -0.4 is 0 Å². The maximum Gasteiger partial charge on any atom is 0.407 e. The number of rotatable bonds is 6. The summed E-state index contributed by atoms with van der Waals surface area (Å²) in [5.41, 5.74) is 0.721. The van der Waals surface area contributed by atoms with Crippen LogP contribution in [-0.2, 0) is 0 Å². The van der Waals surface area contributed by atoms with Crippen molar-refractivity contribution in [1.82, 2.24) is 9.80 Å². The van der Waals surface area contributed by atoms with Crippen LogP contribution in [0.3, 0.4) is 0 Å². The second-order valence-electron chi connectivity index (χ2n) is 6.45. The summed E-state index contributed by atoms with van der Waals surface area (Å²) < 4.78 is 0. The first-order valence-corrected chi connectivity index (χ1v) is 9.43. The van der Waals surface area contributed by atoms with Gasteiger partial charge in [-0.25, -0.2) is 4.79 Å². The molecule has 1 aromatic rings. The van der Waals surface area contributed by atoms with Gasteiger partial charge in [-0.3, -0.25) is 4.79 Å². The molecule has 1 N–H and O–H groups in total. The van der Waals surface area contributed by atoms with Gasteiger partial charge < -0.3 is 14.9 Å². The van der Waals surface area contributed by atoms with E-state index in [4.69, 9.17) is 0 Å². The average molecular weight is 350 g/mol. The van der Waals surface area contributed by atoms with Crippen molar-refractivity contribution in [2.75, 3.05) is 25.4 Å². The van der Waals surface area contributed by atoms with Crippen LogP contribution in [0.25, 0.3) is 0 Å². The molecule has 0 radical (unpaired) electrons. The second kappa shape index (κ2) is 8.42. The minimum atomic E-state index is -0.906. The molecule has 2 rings (SSSR count). The number of carbonyl (C=O) groups excluding carboxylic acids is 1. The quantitative estimate of drug-likeness (QED) is 0.796. The highest BCUT2D eigenvalue weighted by Gasteiger charge is 2.34. The van der Waals surface area contributed by atoms with Crippen LogP contribution in [0.5, 0.6) is 0 Å². The Hall–Kier alpha value is -1.69. The lowest BCUT2D eigenvalue weighted by molar-refractivity contribution is 0.0650. The van der Waals surface area contributed by atoms with Gasteiger partial charge in [-0.1, -0.05) is 32.9 Å². The molecule has 6 heteroatoms. The summed E-state index contributed by atoms with van der Waals surface area (Å²) in [6.45, 7) is 7.76. The van der Waals surface area contributed by atoms with E-state index in [0.29, 0.717) is 32.0 Å². The van der Waals surface area contributed by atoms with Crippen molar-refractivity contribution in [2.45, 2.75) is 38.1 Å². The van der Waals surface area contributed by atoms with Crippen LogP contribution in [0.15, 0.2) is 29.2 Å². The van der Waals surface area contributed by atoms with Crippen molar-refractivity contribution in [2.24, 2.45) is 5.92 Å². The minimum Gasteiger partial charge on any atom is -0.465 e. The van der Waals surface area contributed by atoms with Gasteiger partial charge in [0.2, 0.25) is 0 Å². The molecule has 24 heavy (non-hydrogen) atoms. The van der Waals surface area contributed by atoms with Gasteiger partial charge in [-0.2, -0.15) is 0 Å². The number of carbonyl (C=O) groups is 2. The molecule has 0 spiro atoms. The number of thioether (sulfide) groups is 1. The molecule has 0 aliphatic carbocycles. The highest BCUT2D eigenvalue weighted by Crippen LogP contribution is 2.26. The fraction of sp³-hybridized carbons (Fsp3) is 0.556. The molecule has 1 aliphatic rings. The van der Waals surface area contributed by atoms with E-state index in [-0.39, 0.29) is 11.9 Å². The maximum absolute atomic E-state index is 13.2. The standard InChI is InChI=1S/C18H26N2O3S/c1-4-24-16-8-6-5-7-15(16)17(21)20(11-13(2)3)14-9-10-19(12-14)18(22)23/h5-8,13-14H,4,9-12H2,1-3H3,(H,22,23)/t14-/m0/s1. The third kappa shape index (κ3) is 4.44. The molecule has 1 aliphatic heterocycles. The average Bonchev–Trinajstić information content (AvgIpc) is 3.02. The van der Waals surface area contributed by atoms with E-state index in [9.17, 15) is 14.7 Å². The summed E-state index contributed by atoms with van der Waals surface area (Å²) in [6, 6.07) is 7.64. The first kappa shape index (κ1) is 18.6. The largest absolute Gasteiger partial charge is 0.465 e. The smallest absolute Gasteiger partial charge is 0.407 e. The molecule has 0 bridgehead atoms. The summed E-state index contributed by atoms with van der Waals surface area (Å²) in [5.74, 6) is 1.25. The monoisotopic (exact) mass is 350 g/mol. The molecule has 1 saturated heterocycles. The SMILES string of the molecule is CCSc1ccccc1C(=O)N(CC(C)C)[C@H]1CCN(C(=O)O)C1. The zero-order valence-electron chi connectivity index (χ0n) is 14.6. The Morgan fingerprint density at radius 3 is 2.67 bits per heavy atom. The highest BCUT2D eigenvalue weighted by molar-refractivity contribution is 7.99. The van der Waals surface area contributed by atoms with Gasteiger partial charge in [0.1, 0.15) is 0 Å². The Bertz CT molecular complexity index is 591. The summed E-state index contributed by atoms with van der Waals surface area (Å²) in [5, 5.41) is 9.18. The predicted octanol–water partition coefficient (Wildman–Crippen LogP) is 3.65. The van der Waals surface area contributed by atoms with Gasteiger partial charge in [-0.05, 0) is 30.2 Å². The highest BCUT2D eigenvalue weighted by atomic mass is 32.2. The third-order valence-electron chi connectivity index (χ3n) is 4.11. The number of carboxylic acid groups (broad SMARTS) is 1. The van der Waals surface area contributed by atoms with E-state index in [1.54, 1.807) is 11.8 Å². The molecular weight excluding hydrogens is 324 g/mol. The molecule has 0 aromatic heterocycles. The minimum absolute atomic E-state index is 0.0116. The lowest BCUT2D eigenvalue weighted by Gasteiger charge is -2.31. The van der Waals surface area contributed by atoms with Crippen LogP contribution >= 0.6 is 11.8 Å². The van der Waals surface area contributed by atoms with Gasteiger partial charge in [0.25, 0.3) is 5.91 Å². The normalized spacial score (nSPS) is 17.3. The zero-order valence-corrected chi connectivity index (χ0v) is 15.4. The summed E-state index contributed by atoms with van der Waals surface area (Å²) >= 11 is 1.66. The van der Waals surface area contributed by atoms with E-state index in [1.807, 2.05) is 29.2 Å². The van der Waals surface area contributed by atoms with Crippen molar-refractivity contribution in [3.05, 3.63) is 29.8 Å². The summed E-state index contributed by atoms with van der Waals surface area (Å²) in [7, 11) is 0. The summed E-state index contributed by atoms with van der Waals surface area (Å²) in [6.07, 6.45) is -0.204. The molecule has 1 heterocycles. The lowest BCUT2D eigenvalue weighted by atomic mass is 10.1. The fourth-order valence-corrected chi connectivity index (χ4v) is 3.84. The fourth-order valence-electron chi connectivity index (χ4n) is 3.04. The predicted molar refractivity (Wildman–Crippen MR) is 96.7 cm³/mol. The topological polar surface area (TPSA) is 60.9 Å². The Labute approximate surface area is 148 Å². The first-order chi connectivity index (χ1) is 11.4. The molecule has 5 nitrogen and oxygen atoms in total. The van der Waals surface area contributed by atoms with Crippen LogP contribution in [0, 0.1) is 5.92 Å². The van der Waals surface area contributed by atoms with Crippen molar-refractivity contribution >= 4 is 23.8 Å². The van der Waals surface area contributed by atoms with Crippen molar-refractivity contribution < 1.29 is 14.7 Å². The van der Waals surface area contributed by atoms with Gasteiger partial charge >= 0.3 is 6.09 Å². The molecule has 1 fully saturated rings. The molecule has 1 aromatic carbocycles. The molecule has 1 atom stereocenters. The third-order valence-corrected chi connectivity index (χ3v) is 5.07. The van der Waals surface area contributed by atoms with E-state index in [2.05, 4.69) is 20.8 Å². The van der Waals surface area contributed by atoms with Gasteiger partial charge in [0.05, 0.1) is 11.6 Å². The van der Waals surface area contributed by atoms with E-state index in [1.165, 1.54) is 4.90 Å². The lowest BCUT2D eigenvalue weighted by Crippen LogP contribution is -2.44. The number of hydrogen-bond donors (Lipinski definition) is 1. The molecule has 0 unspecified atom stereocenters. The number of benzene rings is 1. The Morgan fingerprint density at radius 2 is 2.08 bits per heavy atom. The van der Waals surface area contributed by atoms with E-state index < -0.39 is 6.09 Å². The Balaban J connectivity index is 2.25. The Kier molecular flexibility index (Phi) is 6.54. The number of amides is 2. The number of hydrogen-bond acceptors (Lipinski definition) is 3. The van der Waals surface area contributed by atoms with Crippen LogP contribution in [0.2, 0.25) is 0 Å². The van der Waals surface area contributed by atoms with Crippen molar-refractivity contribution in [1.29, 1.82) is 0 Å². The molecule has 0 saturated carbocycles. The molecule has 2 amide bonds. The first-order valence-electron chi connectivity index (χ1n) is 8.44. The van der Waals surface area contributed by atoms with Gasteiger partial charge in [0.15, 0.2) is 0 Å². The van der Waals surface area contributed by atoms with Crippen molar-refractivity contribution in [3.63, 3.8) is 0 Å². The molecule has 132 valence electrons. The van der Waals surface area contributed by atoms with E-state index in [0.717, 1.165) is 16.2 Å². The maximum atomic E-state index is 13.2. The van der Waals surface area contributed by atoms with Crippen LogP contribution in [-0.4, -0.2) is 58.3 Å². The molecular formula is C18H26N2O3S. The van der Waals surface area contributed by atoms with E-state index >= 15 is 0 Å². The zero-order chi connectivity index (χ0) is 17.7. The number of likely N-dealkylation sites (tertiary alicyclic amines) is 1. The summed E-state index contributed by atoms with van der Waals surface area (Å²) in [4.78, 5) is 28.6.